The molecule has 0 bridgehead atoms. The monoisotopic (exact) mass is 324 g/mol. The number of hydrogen-bond donors (Lipinski definition) is 0. The van der Waals surface area contributed by atoms with Crippen LogP contribution >= 0.6 is 11.3 Å². The molecule has 1 aliphatic heterocycles. The summed E-state index contributed by atoms with van der Waals surface area (Å²) in [5.41, 5.74) is -0.476. The summed E-state index contributed by atoms with van der Waals surface area (Å²) >= 11 is 1.47. The van der Waals surface area contributed by atoms with E-state index in [1.54, 1.807) is 4.90 Å². The largest absolute Gasteiger partial charge is 0.444 e. The number of thiophene rings is 1. The van der Waals surface area contributed by atoms with Crippen LogP contribution in [0.3, 0.4) is 0 Å². The maximum Gasteiger partial charge on any atom is 0.410 e. The van der Waals surface area contributed by atoms with Gasteiger partial charge in [-0.05, 0) is 45.7 Å². The standard InChI is InChI=1S/C16H24N2O3S/c1-16(2,3)21-15(20)18-8-7-12(10-18)17(4)11-13(19)14-6-5-9-22-14/h5-6,9,12H,7-8,10-11H2,1-4H3/t12-/m0/s1. The fraction of sp³-hybridized carbons (Fsp3) is 0.625. The topological polar surface area (TPSA) is 49.9 Å². The molecule has 1 atom stereocenters. The molecule has 1 fully saturated rings. The van der Waals surface area contributed by atoms with Gasteiger partial charge in [-0.3, -0.25) is 9.69 Å². The fourth-order valence-corrected chi connectivity index (χ4v) is 3.12. The van der Waals surface area contributed by atoms with Crippen molar-refractivity contribution < 1.29 is 14.3 Å². The minimum absolute atomic E-state index is 0.133. The molecule has 0 unspecified atom stereocenters. The van der Waals surface area contributed by atoms with Gasteiger partial charge in [-0.15, -0.1) is 11.3 Å². The quantitative estimate of drug-likeness (QED) is 0.799. The third kappa shape index (κ3) is 4.55. The Kier molecular flexibility index (Phi) is 5.24. The lowest BCUT2D eigenvalue weighted by molar-refractivity contribution is 0.0283. The van der Waals surface area contributed by atoms with Gasteiger partial charge in [-0.1, -0.05) is 6.07 Å². The van der Waals surface area contributed by atoms with Gasteiger partial charge in [0.1, 0.15) is 5.60 Å². The second kappa shape index (κ2) is 6.79. The van der Waals surface area contributed by atoms with Crippen LogP contribution in [0.25, 0.3) is 0 Å². The number of ether oxygens (including phenoxy) is 1. The first-order chi connectivity index (χ1) is 10.3. The summed E-state index contributed by atoms with van der Waals surface area (Å²) in [7, 11) is 1.94. The average Bonchev–Trinajstić information content (AvgIpc) is 3.08. The molecule has 0 radical (unpaired) electrons. The van der Waals surface area contributed by atoms with Crippen LogP contribution in [0.4, 0.5) is 4.79 Å². The Morgan fingerprint density at radius 2 is 2.18 bits per heavy atom. The Morgan fingerprint density at radius 1 is 1.45 bits per heavy atom. The number of ketones is 1. The second-order valence-corrected chi connectivity index (χ2v) is 7.63. The third-order valence-corrected chi connectivity index (χ3v) is 4.54. The molecular formula is C16H24N2O3S. The summed E-state index contributed by atoms with van der Waals surface area (Å²) in [6.45, 7) is 7.27. The number of likely N-dealkylation sites (tertiary alicyclic amines) is 1. The van der Waals surface area contributed by atoms with Gasteiger partial charge in [0.25, 0.3) is 0 Å². The van der Waals surface area contributed by atoms with Crippen molar-refractivity contribution in [1.82, 2.24) is 9.80 Å². The van der Waals surface area contributed by atoms with Gasteiger partial charge in [-0.2, -0.15) is 0 Å². The second-order valence-electron chi connectivity index (χ2n) is 6.68. The molecule has 0 aliphatic carbocycles. The smallest absolute Gasteiger partial charge is 0.410 e. The van der Waals surface area contributed by atoms with Crippen LogP contribution in [-0.2, 0) is 4.74 Å². The van der Waals surface area contributed by atoms with Crippen LogP contribution in [0.15, 0.2) is 17.5 Å². The molecule has 1 aliphatic rings. The van der Waals surface area contributed by atoms with Gasteiger partial charge < -0.3 is 9.64 Å². The highest BCUT2D eigenvalue weighted by Crippen LogP contribution is 2.19. The molecule has 0 N–H and O–H groups in total. The average molecular weight is 324 g/mol. The Labute approximate surface area is 135 Å². The molecule has 0 spiro atoms. The number of hydrogen-bond acceptors (Lipinski definition) is 5. The van der Waals surface area contributed by atoms with Crippen molar-refractivity contribution in [3.05, 3.63) is 22.4 Å². The molecule has 22 heavy (non-hydrogen) atoms. The van der Waals surface area contributed by atoms with Crippen LogP contribution in [0.2, 0.25) is 0 Å². The van der Waals surface area contributed by atoms with E-state index < -0.39 is 5.60 Å². The molecule has 2 heterocycles. The molecule has 6 heteroatoms. The molecule has 1 aromatic heterocycles. The maximum atomic E-state index is 12.1. The summed E-state index contributed by atoms with van der Waals surface area (Å²) in [6.07, 6.45) is 0.598. The van der Waals surface area contributed by atoms with E-state index in [1.807, 2.05) is 50.2 Å². The van der Waals surface area contributed by atoms with Crippen molar-refractivity contribution in [2.24, 2.45) is 0 Å². The Hall–Kier alpha value is -1.40. The van der Waals surface area contributed by atoms with Crippen LogP contribution in [0.5, 0.6) is 0 Å². The highest BCUT2D eigenvalue weighted by atomic mass is 32.1. The highest BCUT2D eigenvalue weighted by Gasteiger charge is 2.32. The van der Waals surface area contributed by atoms with Crippen molar-refractivity contribution in [2.75, 3.05) is 26.7 Å². The van der Waals surface area contributed by atoms with Crippen molar-refractivity contribution >= 4 is 23.2 Å². The van der Waals surface area contributed by atoms with Gasteiger partial charge in [0.05, 0.1) is 11.4 Å². The Bertz CT molecular complexity index is 522. The van der Waals surface area contributed by atoms with E-state index in [1.165, 1.54) is 11.3 Å². The third-order valence-electron chi connectivity index (χ3n) is 3.63. The van der Waals surface area contributed by atoms with Gasteiger partial charge in [0.15, 0.2) is 5.78 Å². The predicted octanol–water partition coefficient (Wildman–Crippen LogP) is 2.87. The SMILES string of the molecule is CN(CC(=O)c1cccs1)[C@H]1CCN(C(=O)OC(C)(C)C)C1. The minimum atomic E-state index is -0.476. The van der Waals surface area contributed by atoms with E-state index in [0.717, 1.165) is 11.3 Å². The Balaban J connectivity index is 1.84. The normalized spacial score (nSPS) is 18.8. The van der Waals surface area contributed by atoms with Crippen molar-refractivity contribution in [3.8, 4) is 0 Å². The zero-order valence-corrected chi connectivity index (χ0v) is 14.5. The number of carbonyl (C=O) groups excluding carboxylic acids is 2. The van der Waals surface area contributed by atoms with Crippen molar-refractivity contribution in [1.29, 1.82) is 0 Å². The van der Waals surface area contributed by atoms with Crippen LogP contribution in [0, 0.1) is 0 Å². The zero-order chi connectivity index (χ0) is 16.3. The van der Waals surface area contributed by atoms with E-state index in [0.29, 0.717) is 19.6 Å². The molecule has 1 saturated heterocycles. The van der Waals surface area contributed by atoms with E-state index in [-0.39, 0.29) is 17.9 Å². The van der Waals surface area contributed by atoms with Gasteiger partial charge in [-0.25, -0.2) is 4.79 Å². The first kappa shape index (κ1) is 17.0. The molecule has 0 aromatic carbocycles. The maximum absolute atomic E-state index is 12.1. The van der Waals surface area contributed by atoms with E-state index in [9.17, 15) is 9.59 Å². The number of Topliss-reactive ketones (excluding diaryl/α,β-unsaturated/α-hetero) is 1. The molecule has 122 valence electrons. The lowest BCUT2D eigenvalue weighted by Gasteiger charge is -2.26. The van der Waals surface area contributed by atoms with E-state index >= 15 is 0 Å². The number of amides is 1. The van der Waals surface area contributed by atoms with E-state index in [2.05, 4.69) is 0 Å². The number of carbonyl (C=O) groups is 2. The number of nitrogens with zero attached hydrogens (tertiary/aromatic N) is 2. The number of rotatable bonds is 4. The van der Waals surface area contributed by atoms with Gasteiger partial charge in [0.2, 0.25) is 0 Å². The minimum Gasteiger partial charge on any atom is -0.444 e. The van der Waals surface area contributed by atoms with Crippen LogP contribution in [-0.4, -0.2) is 60.0 Å². The lowest BCUT2D eigenvalue weighted by atomic mass is 10.2. The summed E-state index contributed by atoms with van der Waals surface area (Å²) in [4.78, 5) is 28.7. The molecule has 0 saturated carbocycles. The summed E-state index contributed by atoms with van der Waals surface area (Å²) < 4.78 is 5.39. The number of likely N-dealkylation sites (N-methyl/N-ethyl adjacent to an activating group) is 1. The van der Waals surface area contributed by atoms with Crippen molar-refractivity contribution in [2.45, 2.75) is 38.8 Å². The first-order valence-electron chi connectivity index (χ1n) is 7.51. The van der Waals surface area contributed by atoms with Gasteiger partial charge >= 0.3 is 6.09 Å². The summed E-state index contributed by atoms with van der Waals surface area (Å²) in [5, 5.41) is 1.91. The predicted molar refractivity (Wildman–Crippen MR) is 87.5 cm³/mol. The molecule has 1 amide bonds. The van der Waals surface area contributed by atoms with Gasteiger partial charge in [0, 0.05) is 19.1 Å². The molecule has 2 rings (SSSR count). The fourth-order valence-electron chi connectivity index (χ4n) is 2.46. The zero-order valence-electron chi connectivity index (χ0n) is 13.7. The summed E-state index contributed by atoms with van der Waals surface area (Å²) in [5.74, 6) is 0.133. The lowest BCUT2D eigenvalue weighted by Crippen LogP contribution is -2.40. The molecule has 5 nitrogen and oxygen atoms in total. The molecular weight excluding hydrogens is 300 g/mol. The Morgan fingerprint density at radius 3 is 2.77 bits per heavy atom. The highest BCUT2D eigenvalue weighted by molar-refractivity contribution is 7.12. The van der Waals surface area contributed by atoms with Crippen molar-refractivity contribution in [3.63, 3.8) is 0 Å². The first-order valence-corrected chi connectivity index (χ1v) is 8.39. The van der Waals surface area contributed by atoms with Crippen LogP contribution < -0.4 is 0 Å². The molecule has 1 aromatic rings. The van der Waals surface area contributed by atoms with Crippen LogP contribution in [0.1, 0.15) is 36.9 Å². The van der Waals surface area contributed by atoms with E-state index in [4.69, 9.17) is 4.74 Å². The summed E-state index contributed by atoms with van der Waals surface area (Å²) in [6, 6.07) is 3.94.